The fourth-order valence-electron chi connectivity index (χ4n) is 2.68. The van der Waals surface area contributed by atoms with Gasteiger partial charge in [0.1, 0.15) is 0 Å². The third-order valence-electron chi connectivity index (χ3n) is 3.67. The molecule has 1 aliphatic carbocycles. The van der Waals surface area contributed by atoms with Gasteiger partial charge >= 0.3 is 0 Å². The lowest BCUT2D eigenvalue weighted by molar-refractivity contribution is 0.0742. The molecule has 0 radical (unpaired) electrons. The first kappa shape index (κ1) is 12.7. The standard InChI is InChI=1S/C13H25N3O/c1-11-10-16(8-5-9-17-11)13(14)15-12-6-3-2-4-7-12/h11-12H,2-10H2,1H3,(H2,14,15). The van der Waals surface area contributed by atoms with E-state index in [1.54, 1.807) is 0 Å². The summed E-state index contributed by atoms with van der Waals surface area (Å²) in [5.74, 6) is 0.731. The van der Waals surface area contributed by atoms with E-state index in [2.05, 4.69) is 11.8 Å². The second-order valence-electron chi connectivity index (χ2n) is 5.26. The zero-order valence-corrected chi connectivity index (χ0v) is 10.9. The third-order valence-corrected chi connectivity index (χ3v) is 3.67. The lowest BCUT2D eigenvalue weighted by Crippen LogP contribution is -2.41. The smallest absolute Gasteiger partial charge is 0.191 e. The van der Waals surface area contributed by atoms with Crippen molar-refractivity contribution in [2.24, 2.45) is 10.7 Å². The van der Waals surface area contributed by atoms with Crippen molar-refractivity contribution in [1.29, 1.82) is 0 Å². The highest BCUT2D eigenvalue weighted by atomic mass is 16.5. The van der Waals surface area contributed by atoms with Gasteiger partial charge in [0.05, 0.1) is 12.1 Å². The van der Waals surface area contributed by atoms with Crippen LogP contribution in [0, 0.1) is 0 Å². The molecule has 1 saturated carbocycles. The molecule has 0 aromatic carbocycles. The quantitative estimate of drug-likeness (QED) is 0.560. The van der Waals surface area contributed by atoms with E-state index in [1.165, 1.54) is 32.1 Å². The van der Waals surface area contributed by atoms with E-state index in [1.807, 2.05) is 0 Å². The SMILES string of the molecule is CC1CN(C(N)=NC2CCCCC2)CCCO1. The van der Waals surface area contributed by atoms with Gasteiger partial charge in [-0.15, -0.1) is 0 Å². The van der Waals surface area contributed by atoms with Gasteiger partial charge in [-0.1, -0.05) is 19.3 Å². The predicted molar refractivity (Wildman–Crippen MR) is 70.1 cm³/mol. The first-order valence-corrected chi connectivity index (χ1v) is 6.95. The molecule has 2 rings (SSSR count). The molecule has 0 aromatic heterocycles. The van der Waals surface area contributed by atoms with Crippen molar-refractivity contribution in [3.05, 3.63) is 0 Å². The van der Waals surface area contributed by atoms with E-state index in [9.17, 15) is 0 Å². The predicted octanol–water partition coefficient (Wildman–Crippen LogP) is 1.74. The molecule has 1 saturated heterocycles. The van der Waals surface area contributed by atoms with Gasteiger partial charge in [-0.25, -0.2) is 4.99 Å². The highest BCUT2D eigenvalue weighted by Crippen LogP contribution is 2.20. The first-order valence-electron chi connectivity index (χ1n) is 6.95. The van der Waals surface area contributed by atoms with Gasteiger partial charge in [0.15, 0.2) is 5.96 Å². The molecular formula is C13H25N3O. The van der Waals surface area contributed by atoms with Crippen molar-refractivity contribution < 1.29 is 4.74 Å². The Morgan fingerprint density at radius 2 is 2.00 bits per heavy atom. The van der Waals surface area contributed by atoms with Crippen LogP contribution in [0.2, 0.25) is 0 Å². The molecule has 4 nitrogen and oxygen atoms in total. The molecule has 1 heterocycles. The van der Waals surface area contributed by atoms with E-state index in [0.29, 0.717) is 6.04 Å². The molecule has 17 heavy (non-hydrogen) atoms. The maximum atomic E-state index is 6.13. The molecule has 0 amide bonds. The molecule has 0 aromatic rings. The number of rotatable bonds is 1. The van der Waals surface area contributed by atoms with Gasteiger partial charge in [0.2, 0.25) is 0 Å². The molecule has 2 aliphatic rings. The van der Waals surface area contributed by atoms with E-state index in [4.69, 9.17) is 15.5 Å². The van der Waals surface area contributed by atoms with Gasteiger partial charge < -0.3 is 15.4 Å². The Hall–Kier alpha value is -0.770. The second-order valence-corrected chi connectivity index (χ2v) is 5.26. The van der Waals surface area contributed by atoms with E-state index in [-0.39, 0.29) is 6.10 Å². The molecule has 0 bridgehead atoms. The van der Waals surface area contributed by atoms with Crippen LogP contribution in [0.25, 0.3) is 0 Å². The van der Waals surface area contributed by atoms with Crippen LogP contribution in [0.4, 0.5) is 0 Å². The summed E-state index contributed by atoms with van der Waals surface area (Å²) in [6.45, 7) is 4.80. The largest absolute Gasteiger partial charge is 0.377 e. The summed E-state index contributed by atoms with van der Waals surface area (Å²) < 4.78 is 5.62. The Labute approximate surface area is 104 Å². The number of nitrogens with zero attached hydrogens (tertiary/aromatic N) is 2. The molecule has 1 unspecified atom stereocenters. The van der Waals surface area contributed by atoms with Crippen LogP contribution >= 0.6 is 0 Å². The Morgan fingerprint density at radius 3 is 2.76 bits per heavy atom. The molecule has 4 heteroatoms. The van der Waals surface area contributed by atoms with Gasteiger partial charge in [-0.3, -0.25) is 0 Å². The number of ether oxygens (including phenoxy) is 1. The maximum Gasteiger partial charge on any atom is 0.191 e. The fourth-order valence-corrected chi connectivity index (χ4v) is 2.68. The minimum atomic E-state index is 0.262. The molecule has 98 valence electrons. The number of nitrogens with two attached hydrogens (primary N) is 1. The topological polar surface area (TPSA) is 50.8 Å². The Balaban J connectivity index is 1.91. The first-order chi connectivity index (χ1) is 8.25. The monoisotopic (exact) mass is 239 g/mol. The van der Waals surface area contributed by atoms with Crippen LogP contribution in [-0.4, -0.2) is 42.7 Å². The molecule has 2 fully saturated rings. The van der Waals surface area contributed by atoms with Crippen molar-refractivity contribution in [2.45, 2.75) is 57.6 Å². The minimum absolute atomic E-state index is 0.262. The fraction of sp³-hybridized carbons (Fsp3) is 0.923. The van der Waals surface area contributed by atoms with Crippen LogP contribution in [0.3, 0.4) is 0 Å². The summed E-state index contributed by atoms with van der Waals surface area (Å²) >= 11 is 0. The molecule has 0 spiro atoms. The molecule has 2 N–H and O–H groups in total. The molecular weight excluding hydrogens is 214 g/mol. The Bertz CT molecular complexity index is 261. The third kappa shape index (κ3) is 3.87. The highest BCUT2D eigenvalue weighted by Gasteiger charge is 2.18. The van der Waals surface area contributed by atoms with Crippen LogP contribution in [0.1, 0.15) is 45.4 Å². The average Bonchev–Trinajstić information content (AvgIpc) is 2.55. The Kier molecular flexibility index (Phi) is 4.66. The van der Waals surface area contributed by atoms with Crippen LogP contribution in [-0.2, 0) is 4.74 Å². The van der Waals surface area contributed by atoms with Crippen molar-refractivity contribution in [3.8, 4) is 0 Å². The molecule has 1 atom stereocenters. The lowest BCUT2D eigenvalue weighted by atomic mass is 9.96. The zero-order valence-electron chi connectivity index (χ0n) is 10.9. The van der Waals surface area contributed by atoms with Gasteiger partial charge in [-0.05, 0) is 26.2 Å². The average molecular weight is 239 g/mol. The summed E-state index contributed by atoms with van der Waals surface area (Å²) in [4.78, 5) is 6.89. The molecule has 1 aliphatic heterocycles. The van der Waals surface area contributed by atoms with E-state index < -0.39 is 0 Å². The second kappa shape index (κ2) is 6.24. The highest BCUT2D eigenvalue weighted by molar-refractivity contribution is 5.78. The van der Waals surface area contributed by atoms with Crippen molar-refractivity contribution in [1.82, 2.24) is 4.90 Å². The van der Waals surface area contributed by atoms with Crippen LogP contribution < -0.4 is 5.73 Å². The van der Waals surface area contributed by atoms with Crippen molar-refractivity contribution in [3.63, 3.8) is 0 Å². The van der Waals surface area contributed by atoms with Crippen molar-refractivity contribution >= 4 is 5.96 Å². The number of hydrogen-bond donors (Lipinski definition) is 1. The summed E-state index contributed by atoms with van der Waals surface area (Å²) in [7, 11) is 0. The van der Waals surface area contributed by atoms with Crippen molar-refractivity contribution in [2.75, 3.05) is 19.7 Å². The van der Waals surface area contributed by atoms with Crippen LogP contribution in [0.5, 0.6) is 0 Å². The summed E-state index contributed by atoms with van der Waals surface area (Å²) in [5, 5.41) is 0. The van der Waals surface area contributed by atoms with E-state index in [0.717, 1.165) is 32.1 Å². The lowest BCUT2D eigenvalue weighted by Gasteiger charge is -2.25. The van der Waals surface area contributed by atoms with Crippen LogP contribution in [0.15, 0.2) is 4.99 Å². The summed E-state index contributed by atoms with van der Waals surface area (Å²) in [6, 6.07) is 0.461. The minimum Gasteiger partial charge on any atom is -0.377 e. The van der Waals surface area contributed by atoms with E-state index >= 15 is 0 Å². The zero-order chi connectivity index (χ0) is 12.1. The summed E-state index contributed by atoms with van der Waals surface area (Å²) in [5.41, 5.74) is 6.13. The Morgan fingerprint density at radius 1 is 1.24 bits per heavy atom. The number of aliphatic imine (C=N–C) groups is 1. The van der Waals surface area contributed by atoms with Gasteiger partial charge in [-0.2, -0.15) is 0 Å². The number of guanidine groups is 1. The van der Waals surface area contributed by atoms with Gasteiger partial charge in [0, 0.05) is 19.7 Å². The van der Waals surface area contributed by atoms with Gasteiger partial charge in [0.25, 0.3) is 0 Å². The summed E-state index contributed by atoms with van der Waals surface area (Å²) in [6.07, 6.45) is 7.70. The number of hydrogen-bond acceptors (Lipinski definition) is 2. The maximum absolute atomic E-state index is 6.13. The normalized spacial score (nSPS) is 29.1.